The molecule has 0 saturated carbocycles. The van der Waals surface area contributed by atoms with Crippen LogP contribution in [0, 0.1) is 0 Å². The highest BCUT2D eigenvalue weighted by Crippen LogP contribution is 2.35. The lowest BCUT2D eigenvalue weighted by atomic mass is 10.1. The molecule has 20 heavy (non-hydrogen) atoms. The van der Waals surface area contributed by atoms with E-state index in [1.165, 1.54) is 0 Å². The summed E-state index contributed by atoms with van der Waals surface area (Å²) in [6, 6.07) is 0. The lowest BCUT2D eigenvalue weighted by Gasteiger charge is -2.15. The monoisotopic (exact) mass is 440 g/mol. The maximum atomic E-state index is 6.05. The van der Waals surface area contributed by atoms with Crippen LogP contribution in [0.3, 0.4) is 0 Å². The molecule has 0 nitrogen and oxygen atoms in total. The van der Waals surface area contributed by atoms with Gasteiger partial charge in [-0.2, -0.15) is 0 Å². The Morgan fingerprint density at radius 1 is 0.650 bits per heavy atom. The van der Waals surface area contributed by atoms with Crippen molar-refractivity contribution < 1.29 is 0 Å². The SMILES string of the molecule is ClC(CCC=CCCC(Cl)CC(Cl)(Cl)Cl)CC(Cl)(Cl)Cl. The molecule has 2 unspecified atom stereocenters. The Hall–Kier alpha value is 2.06. The van der Waals surface area contributed by atoms with E-state index in [0.29, 0.717) is 12.8 Å². The van der Waals surface area contributed by atoms with Crippen molar-refractivity contribution in [2.75, 3.05) is 0 Å². The molecule has 0 saturated heterocycles. The molecule has 0 rings (SSSR count). The highest BCUT2D eigenvalue weighted by atomic mass is 35.6. The summed E-state index contributed by atoms with van der Waals surface area (Å²) in [5.41, 5.74) is 0. The third kappa shape index (κ3) is 16.4. The zero-order chi connectivity index (χ0) is 15.8. The maximum Gasteiger partial charge on any atom is 0.192 e. The zero-order valence-electron chi connectivity index (χ0n) is 10.6. The highest BCUT2D eigenvalue weighted by molar-refractivity contribution is 6.68. The van der Waals surface area contributed by atoms with Crippen LogP contribution in [-0.4, -0.2) is 18.3 Å². The molecular formula is C12H16Cl8. The van der Waals surface area contributed by atoms with Gasteiger partial charge in [0.1, 0.15) is 0 Å². The van der Waals surface area contributed by atoms with Crippen LogP contribution in [0.2, 0.25) is 0 Å². The summed E-state index contributed by atoms with van der Waals surface area (Å²) in [6.45, 7) is 0. The second kappa shape index (κ2) is 10.8. The van der Waals surface area contributed by atoms with E-state index >= 15 is 0 Å². The number of alkyl halides is 8. The van der Waals surface area contributed by atoms with Gasteiger partial charge >= 0.3 is 0 Å². The van der Waals surface area contributed by atoms with Crippen molar-refractivity contribution in [2.24, 2.45) is 0 Å². The predicted octanol–water partition coefficient (Wildman–Crippen LogP) is 7.84. The van der Waals surface area contributed by atoms with Crippen molar-refractivity contribution in [2.45, 2.75) is 56.9 Å². The molecule has 0 radical (unpaired) electrons. The molecule has 0 spiro atoms. The summed E-state index contributed by atoms with van der Waals surface area (Å²) in [4.78, 5) is 0. The number of hydrogen-bond acceptors (Lipinski definition) is 0. The van der Waals surface area contributed by atoms with Crippen LogP contribution >= 0.6 is 92.8 Å². The van der Waals surface area contributed by atoms with Gasteiger partial charge in [-0.15, -0.1) is 23.2 Å². The first-order chi connectivity index (χ1) is 8.99. The van der Waals surface area contributed by atoms with Crippen molar-refractivity contribution in [1.82, 2.24) is 0 Å². The Labute approximate surface area is 160 Å². The van der Waals surface area contributed by atoms with Crippen molar-refractivity contribution in [3.8, 4) is 0 Å². The van der Waals surface area contributed by atoms with Gasteiger partial charge in [-0.3, -0.25) is 0 Å². The molecule has 0 aromatic rings. The van der Waals surface area contributed by atoms with Crippen LogP contribution in [0.5, 0.6) is 0 Å². The van der Waals surface area contributed by atoms with E-state index in [2.05, 4.69) is 0 Å². The Morgan fingerprint density at radius 3 is 1.20 bits per heavy atom. The molecule has 0 aromatic carbocycles. The average molecular weight is 444 g/mol. The second-order valence-electron chi connectivity index (χ2n) is 4.46. The van der Waals surface area contributed by atoms with Gasteiger partial charge in [0.2, 0.25) is 0 Å². The van der Waals surface area contributed by atoms with Crippen LogP contribution in [-0.2, 0) is 0 Å². The number of halogens is 8. The molecule has 2 atom stereocenters. The van der Waals surface area contributed by atoms with Crippen molar-refractivity contribution in [1.29, 1.82) is 0 Å². The van der Waals surface area contributed by atoms with Gasteiger partial charge in [0.05, 0.1) is 0 Å². The van der Waals surface area contributed by atoms with E-state index < -0.39 is 7.59 Å². The lowest BCUT2D eigenvalue weighted by molar-refractivity contribution is 0.697. The minimum absolute atomic E-state index is 0.155. The largest absolute Gasteiger partial charge is 0.192 e. The van der Waals surface area contributed by atoms with Crippen molar-refractivity contribution in [3.05, 3.63) is 12.2 Å². The van der Waals surface area contributed by atoms with Gasteiger partial charge in [0, 0.05) is 23.6 Å². The van der Waals surface area contributed by atoms with Crippen molar-refractivity contribution in [3.63, 3.8) is 0 Å². The average Bonchev–Trinajstić information content (AvgIpc) is 2.17. The highest BCUT2D eigenvalue weighted by Gasteiger charge is 2.24. The summed E-state index contributed by atoms with van der Waals surface area (Å²) in [5, 5.41) is -0.311. The van der Waals surface area contributed by atoms with Crippen molar-refractivity contribution >= 4 is 92.8 Å². The molecule has 120 valence electrons. The Kier molecular flexibility index (Phi) is 11.9. The van der Waals surface area contributed by atoms with E-state index in [1.54, 1.807) is 0 Å². The van der Waals surface area contributed by atoms with E-state index in [4.69, 9.17) is 92.8 Å². The second-order valence-corrected chi connectivity index (χ2v) is 10.7. The normalized spacial score (nSPS) is 16.6. The molecule has 0 bridgehead atoms. The first-order valence-corrected chi connectivity index (χ1v) is 9.20. The molecule has 0 amide bonds. The zero-order valence-corrected chi connectivity index (χ0v) is 16.6. The number of hydrogen-bond donors (Lipinski definition) is 0. The fourth-order valence-electron chi connectivity index (χ4n) is 1.50. The first kappa shape index (κ1) is 22.1. The van der Waals surface area contributed by atoms with Crippen LogP contribution in [0.4, 0.5) is 0 Å². The summed E-state index contributed by atoms with van der Waals surface area (Å²) in [5.74, 6) is 0. The smallest absolute Gasteiger partial charge is 0.123 e. The van der Waals surface area contributed by atoms with Gasteiger partial charge in [-0.05, 0) is 25.7 Å². The van der Waals surface area contributed by atoms with Crippen LogP contribution in [0.1, 0.15) is 38.5 Å². The number of rotatable bonds is 8. The lowest BCUT2D eigenvalue weighted by Crippen LogP contribution is -2.11. The van der Waals surface area contributed by atoms with Gasteiger partial charge in [0.15, 0.2) is 7.59 Å². The predicted molar refractivity (Wildman–Crippen MR) is 96.7 cm³/mol. The topological polar surface area (TPSA) is 0 Å². The van der Waals surface area contributed by atoms with E-state index in [1.807, 2.05) is 12.2 Å². The third-order valence-electron chi connectivity index (χ3n) is 2.37. The molecule has 0 aliphatic carbocycles. The quantitative estimate of drug-likeness (QED) is 0.265. The molecule has 0 fully saturated rings. The van der Waals surface area contributed by atoms with Gasteiger partial charge < -0.3 is 0 Å². The summed E-state index contributed by atoms with van der Waals surface area (Å²) < 4.78 is -2.59. The molecule has 0 aliphatic rings. The Balaban J connectivity index is 3.68. The summed E-state index contributed by atoms with van der Waals surface area (Å²) in [6.07, 6.45) is 7.90. The Bertz CT molecular complexity index is 250. The molecule has 8 heteroatoms. The molecule has 0 aromatic heterocycles. The minimum Gasteiger partial charge on any atom is -0.123 e. The summed E-state index contributed by atoms with van der Waals surface area (Å²) in [7, 11) is 0. The van der Waals surface area contributed by atoms with Gasteiger partial charge in [0.25, 0.3) is 0 Å². The van der Waals surface area contributed by atoms with Gasteiger partial charge in [-0.25, -0.2) is 0 Å². The Morgan fingerprint density at radius 2 is 0.950 bits per heavy atom. The third-order valence-corrected chi connectivity index (χ3v) is 4.04. The minimum atomic E-state index is -1.29. The van der Waals surface area contributed by atoms with Crippen LogP contribution in [0.25, 0.3) is 0 Å². The fourth-order valence-corrected chi connectivity index (χ4v) is 3.80. The molecule has 0 heterocycles. The van der Waals surface area contributed by atoms with Crippen LogP contribution < -0.4 is 0 Å². The van der Waals surface area contributed by atoms with E-state index in [0.717, 1.165) is 25.7 Å². The van der Waals surface area contributed by atoms with Gasteiger partial charge in [-0.1, -0.05) is 81.8 Å². The standard InChI is InChI=1S/C12H16Cl8/c13-9(7-11(15,16)17)5-3-1-2-4-6-10(14)8-12(18,19)20/h1-2,9-10H,3-8H2. The first-order valence-electron chi connectivity index (χ1n) is 6.06. The van der Waals surface area contributed by atoms with E-state index in [-0.39, 0.29) is 10.8 Å². The van der Waals surface area contributed by atoms with Crippen LogP contribution in [0.15, 0.2) is 12.2 Å². The van der Waals surface area contributed by atoms with E-state index in [9.17, 15) is 0 Å². The maximum absolute atomic E-state index is 6.05. The fraction of sp³-hybridized carbons (Fsp3) is 0.833. The molecular weight excluding hydrogens is 428 g/mol. The number of allylic oxidation sites excluding steroid dienone is 2. The molecule has 0 aliphatic heterocycles. The molecule has 0 N–H and O–H groups in total. The summed E-state index contributed by atoms with van der Waals surface area (Å²) >= 11 is 46.1.